The van der Waals surface area contributed by atoms with Crippen molar-refractivity contribution in [3.63, 3.8) is 0 Å². The number of amides is 1. The zero-order valence-electron chi connectivity index (χ0n) is 14.8. The van der Waals surface area contributed by atoms with Crippen LogP contribution < -0.4 is 4.90 Å². The molecule has 0 N–H and O–H groups in total. The van der Waals surface area contributed by atoms with E-state index in [0.717, 1.165) is 11.3 Å². The van der Waals surface area contributed by atoms with Gasteiger partial charge in [0.05, 0.1) is 25.2 Å². The lowest BCUT2D eigenvalue weighted by Crippen LogP contribution is -2.40. The van der Waals surface area contributed by atoms with Gasteiger partial charge < -0.3 is 14.4 Å². The van der Waals surface area contributed by atoms with Crippen LogP contribution in [0.3, 0.4) is 0 Å². The van der Waals surface area contributed by atoms with Gasteiger partial charge in [0.2, 0.25) is 5.91 Å². The molecule has 0 radical (unpaired) electrons. The number of esters is 1. The summed E-state index contributed by atoms with van der Waals surface area (Å²) >= 11 is 0. The molecule has 2 saturated heterocycles. The fourth-order valence-electron chi connectivity index (χ4n) is 4.06. The van der Waals surface area contributed by atoms with Gasteiger partial charge in [-0.25, -0.2) is 0 Å². The Morgan fingerprint density at radius 3 is 2.76 bits per heavy atom. The maximum atomic E-state index is 13.1. The van der Waals surface area contributed by atoms with Crippen LogP contribution in [0, 0.1) is 24.7 Å². The first-order valence-electron chi connectivity index (χ1n) is 8.83. The number of fused-ring (bicyclic) bond motifs is 1. The van der Waals surface area contributed by atoms with Crippen molar-refractivity contribution in [3.05, 3.63) is 42.0 Å². The van der Waals surface area contributed by atoms with Crippen LogP contribution in [-0.2, 0) is 19.1 Å². The molecule has 3 aliphatic rings. The Labute approximate surface area is 147 Å². The third-order valence-corrected chi connectivity index (χ3v) is 5.28. The number of carbonyl (C=O) groups excluding carboxylic acids is 2. The quantitative estimate of drug-likeness (QED) is 0.624. The number of ether oxygens (including phenoxy) is 2. The van der Waals surface area contributed by atoms with Crippen molar-refractivity contribution >= 4 is 17.6 Å². The Balaban J connectivity index is 1.61. The molecule has 1 spiro atoms. The molecule has 5 heteroatoms. The number of hydrogen-bond acceptors (Lipinski definition) is 4. The molecule has 1 aromatic carbocycles. The van der Waals surface area contributed by atoms with Gasteiger partial charge in [-0.1, -0.05) is 43.7 Å². The van der Waals surface area contributed by atoms with Crippen molar-refractivity contribution in [2.24, 2.45) is 17.8 Å². The smallest absolute Gasteiger partial charge is 0.312 e. The van der Waals surface area contributed by atoms with E-state index >= 15 is 0 Å². The molecule has 0 unspecified atom stereocenters. The molecule has 0 saturated carbocycles. The zero-order chi connectivity index (χ0) is 17.8. The van der Waals surface area contributed by atoms with E-state index in [9.17, 15) is 9.59 Å². The molecular weight excluding hydrogens is 318 g/mol. The van der Waals surface area contributed by atoms with Gasteiger partial charge in [-0.15, -0.1) is 0 Å². The van der Waals surface area contributed by atoms with Gasteiger partial charge in [-0.05, 0) is 25.0 Å². The highest BCUT2D eigenvalue weighted by atomic mass is 16.6. The molecule has 4 rings (SSSR count). The normalized spacial score (nSPS) is 32.6. The van der Waals surface area contributed by atoms with Gasteiger partial charge in [-0.3, -0.25) is 9.59 Å². The van der Waals surface area contributed by atoms with E-state index in [0.29, 0.717) is 13.2 Å². The summed E-state index contributed by atoms with van der Waals surface area (Å²) in [6.07, 6.45) is 3.51. The average Bonchev–Trinajstić information content (AvgIpc) is 3.22. The van der Waals surface area contributed by atoms with Gasteiger partial charge in [0.25, 0.3) is 0 Å². The van der Waals surface area contributed by atoms with Gasteiger partial charge >= 0.3 is 5.97 Å². The van der Waals surface area contributed by atoms with Crippen LogP contribution in [0.25, 0.3) is 0 Å². The standard InChI is InChI=1S/C20H23NO4/c1-12(2)10-24-19(23)16-15-8-9-20(25-15)11-21(18(22)17(16)20)14-6-4-13(3)5-7-14/h4-9,12,15-17H,10-11H2,1-3H3/t15-,16-,17+,20+/m0/s1. The first-order valence-corrected chi connectivity index (χ1v) is 8.83. The molecular formula is C20H23NO4. The number of carbonyl (C=O) groups is 2. The highest BCUT2D eigenvalue weighted by Gasteiger charge is 2.67. The largest absolute Gasteiger partial charge is 0.465 e. The molecule has 2 fully saturated rings. The topological polar surface area (TPSA) is 55.8 Å². The lowest BCUT2D eigenvalue weighted by molar-refractivity contribution is -0.153. The van der Waals surface area contributed by atoms with Crippen molar-refractivity contribution in [2.45, 2.75) is 32.5 Å². The van der Waals surface area contributed by atoms with E-state index in [1.165, 1.54) is 0 Å². The predicted octanol–water partition coefficient (Wildman–Crippen LogP) is 2.48. The highest BCUT2D eigenvalue weighted by molar-refractivity contribution is 6.02. The van der Waals surface area contributed by atoms with E-state index in [1.807, 2.05) is 57.2 Å². The fourth-order valence-corrected chi connectivity index (χ4v) is 4.06. The summed E-state index contributed by atoms with van der Waals surface area (Å²) in [5.74, 6) is -1.16. The van der Waals surface area contributed by atoms with Gasteiger partial charge in [-0.2, -0.15) is 0 Å². The van der Waals surface area contributed by atoms with E-state index in [2.05, 4.69) is 0 Å². The minimum Gasteiger partial charge on any atom is -0.465 e. The van der Waals surface area contributed by atoms with E-state index in [-0.39, 0.29) is 23.9 Å². The first-order chi connectivity index (χ1) is 11.9. The highest BCUT2D eigenvalue weighted by Crippen LogP contribution is 2.52. The Morgan fingerprint density at radius 2 is 2.08 bits per heavy atom. The number of aryl methyl sites for hydroxylation is 1. The van der Waals surface area contributed by atoms with Crippen molar-refractivity contribution in [2.75, 3.05) is 18.1 Å². The Kier molecular flexibility index (Phi) is 3.72. The monoisotopic (exact) mass is 341 g/mol. The Hall–Kier alpha value is -2.14. The van der Waals surface area contributed by atoms with Gasteiger partial charge in [0.15, 0.2) is 0 Å². The average molecular weight is 341 g/mol. The predicted molar refractivity (Wildman–Crippen MR) is 93.1 cm³/mol. The lowest BCUT2D eigenvalue weighted by atomic mass is 9.77. The minimum atomic E-state index is -0.700. The molecule has 3 heterocycles. The molecule has 1 aromatic rings. The molecule has 0 aromatic heterocycles. The maximum Gasteiger partial charge on any atom is 0.312 e. The van der Waals surface area contributed by atoms with E-state index < -0.39 is 17.4 Å². The van der Waals surface area contributed by atoms with Crippen LogP contribution in [0.2, 0.25) is 0 Å². The SMILES string of the molecule is Cc1ccc(N2C[C@@]34C=C[C@H](O3)[C@H](C(=O)OCC(C)C)[C@@H]4C2=O)cc1. The fraction of sp³-hybridized carbons (Fsp3) is 0.500. The minimum absolute atomic E-state index is 0.0535. The third kappa shape index (κ3) is 2.49. The third-order valence-electron chi connectivity index (χ3n) is 5.28. The second kappa shape index (κ2) is 5.70. The van der Waals surface area contributed by atoms with E-state index in [1.54, 1.807) is 4.90 Å². The first kappa shape index (κ1) is 16.3. The van der Waals surface area contributed by atoms with Gasteiger partial charge in [0, 0.05) is 5.69 Å². The molecule has 132 valence electrons. The maximum absolute atomic E-state index is 13.1. The van der Waals surface area contributed by atoms with Crippen molar-refractivity contribution in [1.29, 1.82) is 0 Å². The molecule has 25 heavy (non-hydrogen) atoms. The summed E-state index contributed by atoms with van der Waals surface area (Å²) in [5.41, 5.74) is 1.28. The summed E-state index contributed by atoms with van der Waals surface area (Å²) < 4.78 is 11.5. The molecule has 4 atom stereocenters. The lowest BCUT2D eigenvalue weighted by Gasteiger charge is -2.23. The number of hydrogen-bond donors (Lipinski definition) is 0. The number of benzene rings is 1. The zero-order valence-corrected chi connectivity index (χ0v) is 14.8. The molecule has 1 amide bonds. The van der Waals surface area contributed by atoms with Crippen molar-refractivity contribution < 1.29 is 19.1 Å². The van der Waals surface area contributed by atoms with Crippen molar-refractivity contribution in [1.82, 2.24) is 0 Å². The van der Waals surface area contributed by atoms with Crippen LogP contribution in [0.5, 0.6) is 0 Å². The molecule has 3 aliphatic heterocycles. The molecule has 0 aliphatic carbocycles. The van der Waals surface area contributed by atoms with E-state index in [4.69, 9.17) is 9.47 Å². The second-order valence-electron chi connectivity index (χ2n) is 7.68. The summed E-state index contributed by atoms with van der Waals surface area (Å²) in [6.45, 7) is 6.80. The molecule has 2 bridgehead atoms. The van der Waals surface area contributed by atoms with Crippen LogP contribution in [0.15, 0.2) is 36.4 Å². The van der Waals surface area contributed by atoms with Crippen LogP contribution in [0.1, 0.15) is 19.4 Å². The van der Waals surface area contributed by atoms with Crippen LogP contribution >= 0.6 is 0 Å². The van der Waals surface area contributed by atoms with Gasteiger partial charge in [0.1, 0.15) is 11.5 Å². The summed E-state index contributed by atoms with van der Waals surface area (Å²) in [4.78, 5) is 27.5. The summed E-state index contributed by atoms with van der Waals surface area (Å²) in [6, 6.07) is 7.84. The van der Waals surface area contributed by atoms with Crippen molar-refractivity contribution in [3.8, 4) is 0 Å². The second-order valence-corrected chi connectivity index (χ2v) is 7.68. The van der Waals surface area contributed by atoms with Crippen LogP contribution in [-0.4, -0.2) is 36.7 Å². The van der Waals surface area contributed by atoms with Crippen LogP contribution in [0.4, 0.5) is 5.69 Å². The number of rotatable bonds is 4. The molecule has 5 nitrogen and oxygen atoms in total. The Morgan fingerprint density at radius 1 is 1.36 bits per heavy atom. The summed E-state index contributed by atoms with van der Waals surface area (Å²) in [7, 11) is 0. The number of nitrogens with zero attached hydrogens (tertiary/aromatic N) is 1. The Bertz CT molecular complexity index is 739. The number of anilines is 1. The summed E-state index contributed by atoms with van der Waals surface area (Å²) in [5, 5.41) is 0.